The number of para-hydroxylation sites is 1. The molecular formula is C16H11N5O4S. The number of nitrogen functional groups attached to an aromatic ring is 1. The maximum Gasteiger partial charge on any atom is 0.316 e. The van der Waals surface area contributed by atoms with Crippen LogP contribution >= 0.6 is 11.8 Å². The van der Waals surface area contributed by atoms with Crippen LogP contribution in [0.2, 0.25) is 0 Å². The number of esters is 1. The molecule has 0 fully saturated rings. The lowest BCUT2D eigenvalue weighted by atomic mass is 9.95. The first-order valence-electron chi connectivity index (χ1n) is 7.01. The highest BCUT2D eigenvalue weighted by molar-refractivity contribution is 7.99. The van der Waals surface area contributed by atoms with E-state index in [0.717, 1.165) is 11.8 Å². The fourth-order valence-corrected chi connectivity index (χ4v) is 3.03. The van der Waals surface area contributed by atoms with E-state index in [9.17, 15) is 25.4 Å². The summed E-state index contributed by atoms with van der Waals surface area (Å²) in [7, 11) is 1.22. The Hall–Kier alpha value is -3.63. The highest BCUT2D eigenvalue weighted by Crippen LogP contribution is 2.39. The van der Waals surface area contributed by atoms with E-state index >= 15 is 0 Å². The van der Waals surface area contributed by atoms with Crippen LogP contribution in [0, 0.1) is 32.8 Å². The maximum absolute atomic E-state index is 11.4. The van der Waals surface area contributed by atoms with Crippen molar-refractivity contribution < 1.29 is 14.5 Å². The molecule has 0 aliphatic heterocycles. The minimum absolute atomic E-state index is 0.0159. The number of thioether (sulfide) groups is 1. The monoisotopic (exact) mass is 369 g/mol. The Morgan fingerprint density at radius 1 is 1.35 bits per heavy atom. The number of nitrogens with zero attached hydrogens (tertiary/aromatic N) is 4. The number of hydrogen-bond donors (Lipinski definition) is 1. The van der Waals surface area contributed by atoms with Crippen molar-refractivity contribution in [1.82, 2.24) is 4.98 Å². The maximum atomic E-state index is 11.4. The molecule has 2 aromatic rings. The molecule has 1 aromatic heterocycles. The molecule has 0 amide bonds. The van der Waals surface area contributed by atoms with Crippen LogP contribution in [-0.4, -0.2) is 28.7 Å². The number of anilines is 1. The van der Waals surface area contributed by atoms with E-state index in [-0.39, 0.29) is 44.5 Å². The van der Waals surface area contributed by atoms with E-state index in [0.29, 0.717) is 0 Å². The first-order valence-corrected chi connectivity index (χ1v) is 8.00. The number of nitrogens with two attached hydrogens (primary N) is 1. The Kier molecular flexibility index (Phi) is 5.73. The largest absolute Gasteiger partial charge is 0.468 e. The number of rotatable bonds is 5. The molecule has 0 unspecified atom stereocenters. The number of nitro benzene ring substituents is 1. The Morgan fingerprint density at radius 3 is 2.58 bits per heavy atom. The lowest BCUT2D eigenvalue weighted by Crippen LogP contribution is -2.07. The van der Waals surface area contributed by atoms with Gasteiger partial charge in [-0.25, -0.2) is 4.98 Å². The normalized spacial score (nSPS) is 9.81. The Morgan fingerprint density at radius 2 is 2.00 bits per heavy atom. The van der Waals surface area contributed by atoms with Gasteiger partial charge in [0, 0.05) is 11.6 Å². The highest BCUT2D eigenvalue weighted by atomic mass is 32.2. The Labute approximate surface area is 152 Å². The fourth-order valence-electron chi connectivity index (χ4n) is 2.20. The van der Waals surface area contributed by atoms with Crippen molar-refractivity contribution in [1.29, 1.82) is 10.5 Å². The summed E-state index contributed by atoms with van der Waals surface area (Å²) in [4.78, 5) is 26.1. The van der Waals surface area contributed by atoms with Crippen molar-refractivity contribution in [3.05, 3.63) is 45.5 Å². The number of nitriles is 2. The lowest BCUT2D eigenvalue weighted by molar-refractivity contribution is -0.384. The second-order valence-corrected chi connectivity index (χ2v) is 5.75. The lowest BCUT2D eigenvalue weighted by Gasteiger charge is -2.12. The first-order chi connectivity index (χ1) is 12.4. The van der Waals surface area contributed by atoms with Crippen LogP contribution in [0.1, 0.15) is 11.1 Å². The number of carbonyl (C=O) groups is 1. The molecule has 0 spiro atoms. The molecule has 1 heterocycles. The molecule has 2 rings (SSSR count). The molecule has 0 aliphatic rings. The minimum atomic E-state index is -0.616. The third-order valence-corrected chi connectivity index (χ3v) is 4.29. The first kappa shape index (κ1) is 18.7. The zero-order valence-corrected chi connectivity index (χ0v) is 14.2. The van der Waals surface area contributed by atoms with Crippen LogP contribution in [-0.2, 0) is 9.53 Å². The van der Waals surface area contributed by atoms with E-state index < -0.39 is 10.9 Å². The number of hydrogen-bond acceptors (Lipinski definition) is 9. The number of methoxy groups -OCH3 is 1. The van der Waals surface area contributed by atoms with Crippen LogP contribution < -0.4 is 5.73 Å². The summed E-state index contributed by atoms with van der Waals surface area (Å²) < 4.78 is 4.54. The van der Waals surface area contributed by atoms with Crippen LogP contribution in [0.3, 0.4) is 0 Å². The Balaban J connectivity index is 2.78. The zero-order chi connectivity index (χ0) is 19.3. The molecule has 2 N–H and O–H groups in total. The molecule has 0 radical (unpaired) electrons. The number of nitro groups is 1. The van der Waals surface area contributed by atoms with Gasteiger partial charge in [-0.15, -0.1) is 0 Å². The highest BCUT2D eigenvalue weighted by Gasteiger charge is 2.26. The molecule has 10 heteroatoms. The van der Waals surface area contributed by atoms with E-state index in [1.165, 1.54) is 25.3 Å². The van der Waals surface area contributed by atoms with Crippen molar-refractivity contribution in [3.8, 4) is 23.3 Å². The molecule has 130 valence electrons. The van der Waals surface area contributed by atoms with Crippen molar-refractivity contribution in [2.24, 2.45) is 0 Å². The third-order valence-electron chi connectivity index (χ3n) is 3.34. The van der Waals surface area contributed by atoms with Gasteiger partial charge in [0.05, 0.1) is 28.9 Å². The molecule has 26 heavy (non-hydrogen) atoms. The van der Waals surface area contributed by atoms with Gasteiger partial charge in [-0.2, -0.15) is 10.5 Å². The van der Waals surface area contributed by atoms with Gasteiger partial charge in [0.2, 0.25) is 0 Å². The number of carbonyl (C=O) groups excluding carboxylic acids is 1. The summed E-state index contributed by atoms with van der Waals surface area (Å²) in [5, 5.41) is 30.4. The summed E-state index contributed by atoms with van der Waals surface area (Å²) in [6.07, 6.45) is 0. The zero-order valence-electron chi connectivity index (χ0n) is 13.4. The van der Waals surface area contributed by atoms with E-state index in [4.69, 9.17) is 5.73 Å². The molecule has 0 atom stereocenters. The standard InChI is InChI=1S/C16H11N5O4S/c1-25-13(22)8-26-16-11(7-18)14(10(6-17)15(19)20-16)9-4-2-3-5-12(9)21(23)24/h2-5H,8H2,1H3,(H2,19,20). The number of ether oxygens (including phenoxy) is 1. The van der Waals surface area contributed by atoms with Gasteiger partial charge in [-0.1, -0.05) is 23.9 Å². The summed E-state index contributed by atoms with van der Waals surface area (Å²) >= 11 is 0.893. The minimum Gasteiger partial charge on any atom is -0.468 e. The number of pyridine rings is 1. The van der Waals surface area contributed by atoms with Gasteiger partial charge in [-0.05, 0) is 6.07 Å². The average Bonchev–Trinajstić information content (AvgIpc) is 2.65. The van der Waals surface area contributed by atoms with Gasteiger partial charge in [0.1, 0.15) is 28.5 Å². The second-order valence-electron chi connectivity index (χ2n) is 4.79. The molecule has 9 nitrogen and oxygen atoms in total. The van der Waals surface area contributed by atoms with Crippen molar-refractivity contribution in [2.75, 3.05) is 18.6 Å². The van der Waals surface area contributed by atoms with Gasteiger partial charge in [-0.3, -0.25) is 14.9 Å². The van der Waals surface area contributed by atoms with Gasteiger partial charge >= 0.3 is 5.97 Å². The number of aromatic nitrogens is 1. The molecule has 1 aromatic carbocycles. The van der Waals surface area contributed by atoms with Crippen LogP contribution in [0.15, 0.2) is 29.3 Å². The summed E-state index contributed by atoms with van der Waals surface area (Å²) in [6.45, 7) is 0. The predicted molar refractivity (Wildman–Crippen MR) is 92.9 cm³/mol. The summed E-state index contributed by atoms with van der Waals surface area (Å²) in [5.74, 6) is -0.872. The van der Waals surface area contributed by atoms with Crippen LogP contribution in [0.5, 0.6) is 0 Å². The summed E-state index contributed by atoms with van der Waals surface area (Å²) in [6, 6.07) is 9.45. The van der Waals surface area contributed by atoms with Gasteiger partial charge in [0.15, 0.2) is 0 Å². The van der Waals surface area contributed by atoms with E-state index in [2.05, 4.69) is 9.72 Å². The SMILES string of the molecule is COC(=O)CSc1nc(N)c(C#N)c(-c2ccccc2[N+](=O)[O-])c1C#N. The van der Waals surface area contributed by atoms with E-state index in [1.807, 2.05) is 12.1 Å². The van der Waals surface area contributed by atoms with Crippen molar-refractivity contribution >= 4 is 29.2 Å². The van der Waals surface area contributed by atoms with Gasteiger partial charge in [0.25, 0.3) is 5.69 Å². The van der Waals surface area contributed by atoms with Crippen LogP contribution in [0.25, 0.3) is 11.1 Å². The van der Waals surface area contributed by atoms with E-state index in [1.54, 1.807) is 6.07 Å². The van der Waals surface area contributed by atoms with Crippen molar-refractivity contribution in [2.45, 2.75) is 5.03 Å². The molecule has 0 bridgehead atoms. The molecule has 0 saturated carbocycles. The molecule has 0 saturated heterocycles. The molecular weight excluding hydrogens is 358 g/mol. The van der Waals surface area contributed by atoms with Gasteiger partial charge < -0.3 is 10.5 Å². The fraction of sp³-hybridized carbons (Fsp3) is 0.125. The topological polar surface area (TPSA) is 156 Å². The smallest absolute Gasteiger partial charge is 0.316 e. The quantitative estimate of drug-likeness (QED) is 0.361. The summed E-state index contributed by atoms with van der Waals surface area (Å²) in [5.41, 5.74) is 5.41. The second kappa shape index (κ2) is 7.96. The van der Waals surface area contributed by atoms with Crippen molar-refractivity contribution in [3.63, 3.8) is 0 Å². The predicted octanol–water partition coefficient (Wildman–Crippen LogP) is 2.25. The average molecular weight is 369 g/mol. The number of benzene rings is 1. The van der Waals surface area contributed by atoms with Crippen LogP contribution in [0.4, 0.5) is 11.5 Å². The Bertz CT molecular complexity index is 978. The third kappa shape index (κ3) is 3.55. The molecule has 0 aliphatic carbocycles.